The molecule has 0 bridgehead atoms. The van der Waals surface area contributed by atoms with E-state index in [4.69, 9.17) is 4.74 Å². The average Bonchev–Trinajstić information content (AvgIpc) is 2.53. The lowest BCUT2D eigenvalue weighted by Crippen LogP contribution is -2.65. The van der Waals surface area contributed by atoms with E-state index in [2.05, 4.69) is 44.1 Å². The maximum Gasteiger partial charge on any atom is 0.0714 e. The summed E-state index contributed by atoms with van der Waals surface area (Å²) in [6, 6.07) is 1.14. The molecule has 120 valence electrons. The van der Waals surface area contributed by atoms with Gasteiger partial charge in [0.05, 0.1) is 12.1 Å². The molecule has 1 aliphatic heterocycles. The summed E-state index contributed by atoms with van der Waals surface area (Å²) < 4.78 is 5.54. The van der Waals surface area contributed by atoms with E-state index >= 15 is 0 Å². The lowest BCUT2D eigenvalue weighted by molar-refractivity contribution is 0.0530. The molecule has 0 radical (unpaired) electrons. The standard InChI is InChI=1S/C18H32N2O/c1-6-16-18(13(4)21-5)20-17(11-19-16)15-9-7-14(8-10-15)12(2)3/h6-7,12-13,15-20H,1,8-11H2,2-5H3. The highest BCUT2D eigenvalue weighted by atomic mass is 16.5. The smallest absolute Gasteiger partial charge is 0.0714 e. The van der Waals surface area contributed by atoms with E-state index in [1.807, 2.05) is 6.08 Å². The van der Waals surface area contributed by atoms with Gasteiger partial charge < -0.3 is 15.4 Å². The van der Waals surface area contributed by atoms with Gasteiger partial charge in [-0.05, 0) is 38.0 Å². The first-order chi connectivity index (χ1) is 10.1. The average molecular weight is 292 g/mol. The molecule has 1 heterocycles. The summed E-state index contributed by atoms with van der Waals surface area (Å²) in [7, 11) is 1.79. The largest absolute Gasteiger partial charge is 0.380 e. The number of nitrogens with one attached hydrogen (secondary N) is 2. The van der Waals surface area contributed by atoms with Crippen LogP contribution in [-0.2, 0) is 4.74 Å². The van der Waals surface area contributed by atoms with E-state index < -0.39 is 0 Å². The Labute approximate surface area is 130 Å². The fraction of sp³-hybridized carbons (Fsp3) is 0.778. The monoisotopic (exact) mass is 292 g/mol. The van der Waals surface area contributed by atoms with Gasteiger partial charge in [0, 0.05) is 25.7 Å². The Morgan fingerprint density at radius 1 is 1.38 bits per heavy atom. The maximum atomic E-state index is 5.54. The number of ether oxygens (including phenoxy) is 1. The van der Waals surface area contributed by atoms with Crippen LogP contribution in [0.1, 0.15) is 40.0 Å². The lowest BCUT2D eigenvalue weighted by Gasteiger charge is -2.43. The highest BCUT2D eigenvalue weighted by Crippen LogP contribution is 2.31. The third-order valence-corrected chi connectivity index (χ3v) is 5.30. The fourth-order valence-electron chi connectivity index (χ4n) is 3.67. The van der Waals surface area contributed by atoms with E-state index in [0.717, 1.165) is 12.5 Å². The maximum absolute atomic E-state index is 5.54. The van der Waals surface area contributed by atoms with Crippen molar-refractivity contribution < 1.29 is 4.74 Å². The van der Waals surface area contributed by atoms with Gasteiger partial charge in [-0.3, -0.25) is 0 Å². The summed E-state index contributed by atoms with van der Waals surface area (Å²) in [5, 5.41) is 7.47. The summed E-state index contributed by atoms with van der Waals surface area (Å²) in [6.07, 6.45) is 8.44. The molecule has 3 heteroatoms. The van der Waals surface area contributed by atoms with Crippen molar-refractivity contribution in [1.29, 1.82) is 0 Å². The Hall–Kier alpha value is -0.640. The van der Waals surface area contributed by atoms with Gasteiger partial charge in [0.15, 0.2) is 0 Å². The number of piperazine rings is 1. The van der Waals surface area contributed by atoms with Gasteiger partial charge in [0.2, 0.25) is 0 Å². The van der Waals surface area contributed by atoms with E-state index in [1.54, 1.807) is 12.7 Å². The van der Waals surface area contributed by atoms with Crippen LogP contribution in [0.4, 0.5) is 0 Å². The molecule has 0 saturated carbocycles. The van der Waals surface area contributed by atoms with Crippen molar-refractivity contribution in [2.24, 2.45) is 11.8 Å². The van der Waals surface area contributed by atoms with Crippen molar-refractivity contribution in [2.45, 2.75) is 64.3 Å². The van der Waals surface area contributed by atoms with Crippen molar-refractivity contribution in [3.8, 4) is 0 Å². The minimum atomic E-state index is 0.189. The van der Waals surface area contributed by atoms with Crippen LogP contribution < -0.4 is 10.6 Å². The number of hydrogen-bond acceptors (Lipinski definition) is 3. The molecule has 0 aromatic rings. The van der Waals surface area contributed by atoms with Crippen LogP contribution >= 0.6 is 0 Å². The third kappa shape index (κ3) is 3.97. The molecule has 21 heavy (non-hydrogen) atoms. The van der Waals surface area contributed by atoms with Crippen molar-refractivity contribution >= 4 is 0 Å². The molecule has 3 nitrogen and oxygen atoms in total. The van der Waals surface area contributed by atoms with Crippen LogP contribution in [0.5, 0.6) is 0 Å². The first kappa shape index (κ1) is 16.7. The van der Waals surface area contributed by atoms with E-state index in [9.17, 15) is 0 Å². The third-order valence-electron chi connectivity index (χ3n) is 5.30. The highest BCUT2D eigenvalue weighted by molar-refractivity contribution is 5.11. The molecule has 2 N–H and O–H groups in total. The summed E-state index contributed by atoms with van der Waals surface area (Å²) in [5.74, 6) is 1.44. The van der Waals surface area contributed by atoms with Gasteiger partial charge in [-0.15, -0.1) is 6.58 Å². The molecule has 5 unspecified atom stereocenters. The van der Waals surface area contributed by atoms with Gasteiger partial charge in [-0.25, -0.2) is 0 Å². The molecule has 0 spiro atoms. The highest BCUT2D eigenvalue weighted by Gasteiger charge is 2.35. The van der Waals surface area contributed by atoms with Crippen LogP contribution in [0.3, 0.4) is 0 Å². The number of methoxy groups -OCH3 is 1. The molecular formula is C18H32N2O. The van der Waals surface area contributed by atoms with E-state index in [-0.39, 0.29) is 6.10 Å². The Morgan fingerprint density at radius 3 is 2.67 bits per heavy atom. The normalized spacial score (nSPS) is 35.4. The molecule has 5 atom stereocenters. The quantitative estimate of drug-likeness (QED) is 0.765. The van der Waals surface area contributed by atoms with Crippen LogP contribution in [0, 0.1) is 11.8 Å². The number of allylic oxidation sites excluding steroid dienone is 2. The topological polar surface area (TPSA) is 33.3 Å². The molecular weight excluding hydrogens is 260 g/mol. The first-order valence-corrected chi connectivity index (χ1v) is 8.40. The zero-order chi connectivity index (χ0) is 15.4. The number of hydrogen-bond donors (Lipinski definition) is 2. The zero-order valence-electron chi connectivity index (χ0n) is 14.1. The van der Waals surface area contributed by atoms with Crippen molar-refractivity contribution in [2.75, 3.05) is 13.7 Å². The molecule has 0 aromatic carbocycles. The minimum Gasteiger partial charge on any atom is -0.380 e. The second-order valence-corrected chi connectivity index (χ2v) is 6.88. The first-order valence-electron chi connectivity index (χ1n) is 8.40. The van der Waals surface area contributed by atoms with Gasteiger partial charge >= 0.3 is 0 Å². The second-order valence-electron chi connectivity index (χ2n) is 6.88. The summed E-state index contributed by atoms with van der Waals surface area (Å²) in [4.78, 5) is 0. The van der Waals surface area contributed by atoms with E-state index in [0.29, 0.717) is 24.0 Å². The predicted octanol–water partition coefficient (Wildman–Crippen LogP) is 2.89. The second kappa shape index (κ2) is 7.57. The van der Waals surface area contributed by atoms with Gasteiger partial charge in [-0.2, -0.15) is 0 Å². The van der Waals surface area contributed by atoms with Crippen LogP contribution in [0.2, 0.25) is 0 Å². The number of rotatable bonds is 5. The Bertz CT molecular complexity index is 377. The van der Waals surface area contributed by atoms with Gasteiger partial charge in [-0.1, -0.05) is 31.6 Å². The van der Waals surface area contributed by atoms with Crippen molar-refractivity contribution in [3.63, 3.8) is 0 Å². The SMILES string of the molecule is C=CC1NCC(C2CC=C(C(C)C)CC2)NC1C(C)OC. The van der Waals surface area contributed by atoms with Crippen LogP contribution in [0.25, 0.3) is 0 Å². The van der Waals surface area contributed by atoms with Gasteiger partial charge in [0.1, 0.15) is 0 Å². The van der Waals surface area contributed by atoms with Gasteiger partial charge in [0.25, 0.3) is 0 Å². The summed E-state index contributed by atoms with van der Waals surface area (Å²) in [6.45, 7) is 11.7. The van der Waals surface area contributed by atoms with Crippen LogP contribution in [-0.4, -0.2) is 37.9 Å². The van der Waals surface area contributed by atoms with Crippen molar-refractivity contribution in [3.05, 3.63) is 24.3 Å². The summed E-state index contributed by atoms with van der Waals surface area (Å²) >= 11 is 0. The molecule has 1 saturated heterocycles. The molecule has 0 aromatic heterocycles. The minimum absolute atomic E-state index is 0.189. The lowest BCUT2D eigenvalue weighted by atomic mass is 9.80. The molecule has 0 amide bonds. The Balaban J connectivity index is 1.97. The van der Waals surface area contributed by atoms with Crippen LogP contribution in [0.15, 0.2) is 24.3 Å². The molecule has 1 fully saturated rings. The molecule has 2 aliphatic rings. The summed E-state index contributed by atoms with van der Waals surface area (Å²) in [5.41, 5.74) is 1.64. The van der Waals surface area contributed by atoms with Crippen molar-refractivity contribution in [1.82, 2.24) is 10.6 Å². The molecule has 2 rings (SSSR count). The van der Waals surface area contributed by atoms with E-state index in [1.165, 1.54) is 19.3 Å². The fourth-order valence-corrected chi connectivity index (χ4v) is 3.67. The Kier molecular flexibility index (Phi) is 6.03. The zero-order valence-corrected chi connectivity index (χ0v) is 14.1. The Morgan fingerprint density at radius 2 is 2.14 bits per heavy atom. The molecule has 1 aliphatic carbocycles. The predicted molar refractivity (Wildman–Crippen MR) is 89.4 cm³/mol.